The average molecular weight is 262 g/mol. The van der Waals surface area contributed by atoms with Crippen molar-refractivity contribution in [2.75, 3.05) is 5.32 Å². The molecule has 0 heterocycles. The molecule has 100 valence electrons. The molecule has 0 aliphatic heterocycles. The van der Waals surface area contributed by atoms with Crippen molar-refractivity contribution in [3.05, 3.63) is 24.0 Å². The summed E-state index contributed by atoms with van der Waals surface area (Å²) >= 11 is 0. The van der Waals surface area contributed by atoms with Crippen molar-refractivity contribution in [1.82, 2.24) is 0 Å². The molecule has 4 nitrogen and oxygen atoms in total. The lowest BCUT2D eigenvalue weighted by Crippen LogP contribution is -2.36. The van der Waals surface area contributed by atoms with Gasteiger partial charge in [-0.25, -0.2) is 4.39 Å². The highest BCUT2D eigenvalue weighted by Gasteiger charge is 2.40. The lowest BCUT2D eigenvalue weighted by molar-refractivity contribution is -0.124. The first-order valence-electron chi connectivity index (χ1n) is 6.29. The molecule has 1 amide bonds. The average Bonchev–Trinajstić information content (AvgIpc) is 2.43. The zero-order valence-electron chi connectivity index (χ0n) is 10.4. The van der Waals surface area contributed by atoms with E-state index in [1.807, 2.05) is 0 Å². The fraction of sp³-hybridized carbons (Fsp3) is 0.429. The van der Waals surface area contributed by atoms with E-state index in [1.165, 1.54) is 6.07 Å². The second-order valence-electron chi connectivity index (χ2n) is 4.87. The number of aromatic hydroxyl groups is 1. The summed E-state index contributed by atoms with van der Waals surface area (Å²) in [5.74, 6) is -1.22. The van der Waals surface area contributed by atoms with Crippen LogP contribution >= 0.6 is 0 Å². The molecule has 2 rings (SSSR count). The van der Waals surface area contributed by atoms with E-state index in [4.69, 9.17) is 0 Å². The number of phenols is 1. The molecule has 1 aliphatic rings. The van der Waals surface area contributed by atoms with Crippen LogP contribution in [-0.2, 0) is 4.79 Å². The Labute approximate surface area is 110 Å². The van der Waals surface area contributed by atoms with Gasteiger partial charge in [-0.15, -0.1) is 0 Å². The van der Waals surface area contributed by atoms with Gasteiger partial charge in [-0.05, 0) is 25.0 Å². The van der Waals surface area contributed by atoms with Crippen molar-refractivity contribution in [2.45, 2.75) is 32.1 Å². The van der Waals surface area contributed by atoms with Crippen LogP contribution in [0.2, 0.25) is 0 Å². The highest BCUT2D eigenvalue weighted by atomic mass is 19.1. The molecule has 0 unspecified atom stereocenters. The van der Waals surface area contributed by atoms with Crippen LogP contribution in [0.5, 0.6) is 5.75 Å². The van der Waals surface area contributed by atoms with Crippen LogP contribution in [-0.4, -0.2) is 11.0 Å². The van der Waals surface area contributed by atoms with Gasteiger partial charge in [-0.1, -0.05) is 19.3 Å². The Hall–Kier alpha value is -2.09. The highest BCUT2D eigenvalue weighted by molar-refractivity contribution is 5.98. The molecule has 0 spiro atoms. The number of hydrogen-bond donors (Lipinski definition) is 2. The molecular weight excluding hydrogens is 247 g/mol. The zero-order chi connectivity index (χ0) is 13.9. The topological polar surface area (TPSA) is 73.1 Å². The number of anilines is 1. The molecule has 1 fully saturated rings. The number of halogens is 1. The molecule has 19 heavy (non-hydrogen) atoms. The van der Waals surface area contributed by atoms with Crippen LogP contribution < -0.4 is 5.32 Å². The van der Waals surface area contributed by atoms with Gasteiger partial charge in [0.15, 0.2) is 0 Å². The monoisotopic (exact) mass is 262 g/mol. The number of hydrogen-bond acceptors (Lipinski definition) is 3. The quantitative estimate of drug-likeness (QED) is 0.805. The normalized spacial score (nSPS) is 17.5. The number of carbonyl (C=O) groups is 1. The van der Waals surface area contributed by atoms with Gasteiger partial charge in [0.25, 0.3) is 0 Å². The molecule has 5 heteroatoms. The second kappa shape index (κ2) is 5.27. The standard InChI is InChI=1S/C14H15FN2O2/c15-10-4-5-12(18)11(8-10)17-13(19)14(9-16)6-2-1-3-7-14/h4-5,8,18H,1-3,6-7H2,(H,17,19). The van der Waals surface area contributed by atoms with E-state index in [0.29, 0.717) is 12.8 Å². The Morgan fingerprint density at radius 3 is 2.68 bits per heavy atom. The minimum atomic E-state index is -1.06. The fourth-order valence-corrected chi connectivity index (χ4v) is 2.40. The number of phenolic OH excluding ortho intramolecular Hbond substituents is 1. The summed E-state index contributed by atoms with van der Waals surface area (Å²) in [4.78, 5) is 12.2. The van der Waals surface area contributed by atoms with Gasteiger partial charge in [0.05, 0.1) is 11.8 Å². The SMILES string of the molecule is N#CC1(C(=O)Nc2cc(F)ccc2O)CCCCC1. The van der Waals surface area contributed by atoms with Crippen molar-refractivity contribution in [2.24, 2.45) is 5.41 Å². The van der Waals surface area contributed by atoms with Crippen molar-refractivity contribution in [3.8, 4) is 11.8 Å². The zero-order valence-corrected chi connectivity index (χ0v) is 10.4. The maximum Gasteiger partial charge on any atom is 0.244 e. The fourth-order valence-electron chi connectivity index (χ4n) is 2.40. The van der Waals surface area contributed by atoms with Crippen molar-refractivity contribution in [3.63, 3.8) is 0 Å². The summed E-state index contributed by atoms with van der Waals surface area (Å²) in [6, 6.07) is 5.40. The van der Waals surface area contributed by atoms with E-state index in [2.05, 4.69) is 11.4 Å². The van der Waals surface area contributed by atoms with Gasteiger partial charge < -0.3 is 10.4 Å². The third-order valence-corrected chi connectivity index (χ3v) is 3.56. The number of carbonyl (C=O) groups excluding carboxylic acids is 1. The van der Waals surface area contributed by atoms with Crippen LogP contribution in [0.1, 0.15) is 32.1 Å². The van der Waals surface area contributed by atoms with Crippen LogP contribution in [0.15, 0.2) is 18.2 Å². The number of nitrogens with zero attached hydrogens (tertiary/aromatic N) is 1. The smallest absolute Gasteiger partial charge is 0.244 e. The molecular formula is C14H15FN2O2. The summed E-state index contributed by atoms with van der Waals surface area (Å²) in [6.07, 6.45) is 3.69. The Bertz CT molecular complexity index is 531. The molecule has 2 N–H and O–H groups in total. The van der Waals surface area contributed by atoms with Gasteiger partial charge in [0, 0.05) is 6.07 Å². The van der Waals surface area contributed by atoms with Crippen LogP contribution in [0, 0.1) is 22.6 Å². The van der Waals surface area contributed by atoms with Gasteiger partial charge in [0.2, 0.25) is 5.91 Å². The van der Waals surface area contributed by atoms with E-state index in [9.17, 15) is 19.6 Å². The Morgan fingerprint density at radius 1 is 1.37 bits per heavy atom. The van der Waals surface area contributed by atoms with E-state index in [1.54, 1.807) is 0 Å². The van der Waals surface area contributed by atoms with Gasteiger partial charge in [-0.3, -0.25) is 4.79 Å². The lowest BCUT2D eigenvalue weighted by Gasteiger charge is -2.29. The maximum absolute atomic E-state index is 13.1. The van der Waals surface area contributed by atoms with Crippen LogP contribution in [0.4, 0.5) is 10.1 Å². The molecule has 0 aromatic heterocycles. The molecule has 0 bridgehead atoms. The molecule has 0 saturated heterocycles. The molecule has 1 aromatic rings. The summed E-state index contributed by atoms with van der Waals surface area (Å²) in [5.41, 5.74) is -1.05. The van der Waals surface area contributed by atoms with Crippen LogP contribution in [0.3, 0.4) is 0 Å². The van der Waals surface area contributed by atoms with Gasteiger partial charge in [0.1, 0.15) is 17.0 Å². The van der Waals surface area contributed by atoms with E-state index in [0.717, 1.165) is 31.4 Å². The summed E-state index contributed by atoms with van der Waals surface area (Å²) < 4.78 is 13.1. The summed E-state index contributed by atoms with van der Waals surface area (Å²) in [7, 11) is 0. The molecule has 1 aliphatic carbocycles. The van der Waals surface area contributed by atoms with Gasteiger partial charge >= 0.3 is 0 Å². The van der Waals surface area contributed by atoms with Gasteiger partial charge in [-0.2, -0.15) is 5.26 Å². The summed E-state index contributed by atoms with van der Waals surface area (Å²) in [5, 5.41) is 21.3. The molecule has 1 saturated carbocycles. The second-order valence-corrected chi connectivity index (χ2v) is 4.87. The molecule has 0 atom stereocenters. The van der Waals surface area contributed by atoms with E-state index >= 15 is 0 Å². The first kappa shape index (κ1) is 13.3. The number of amides is 1. The third kappa shape index (κ3) is 2.68. The first-order chi connectivity index (χ1) is 9.07. The Balaban J connectivity index is 2.20. The maximum atomic E-state index is 13.1. The minimum Gasteiger partial charge on any atom is -0.506 e. The van der Waals surface area contributed by atoms with E-state index < -0.39 is 17.1 Å². The largest absolute Gasteiger partial charge is 0.506 e. The van der Waals surface area contributed by atoms with Crippen molar-refractivity contribution in [1.29, 1.82) is 5.26 Å². The predicted molar refractivity (Wildman–Crippen MR) is 67.8 cm³/mol. The van der Waals surface area contributed by atoms with Crippen LogP contribution in [0.25, 0.3) is 0 Å². The Morgan fingerprint density at radius 2 is 2.05 bits per heavy atom. The highest BCUT2D eigenvalue weighted by Crippen LogP contribution is 2.37. The minimum absolute atomic E-state index is 0.00481. The number of benzene rings is 1. The Kier molecular flexibility index (Phi) is 3.70. The molecule has 0 radical (unpaired) electrons. The number of nitrogens with one attached hydrogen (secondary N) is 1. The predicted octanol–water partition coefficient (Wildman–Crippen LogP) is 2.94. The number of rotatable bonds is 2. The third-order valence-electron chi connectivity index (χ3n) is 3.56. The first-order valence-corrected chi connectivity index (χ1v) is 6.29. The molecule has 1 aromatic carbocycles. The van der Waals surface area contributed by atoms with Crippen molar-refractivity contribution < 1.29 is 14.3 Å². The van der Waals surface area contributed by atoms with E-state index in [-0.39, 0.29) is 11.4 Å². The lowest BCUT2D eigenvalue weighted by atomic mass is 9.74. The number of nitriles is 1. The van der Waals surface area contributed by atoms with Crippen molar-refractivity contribution >= 4 is 11.6 Å². The summed E-state index contributed by atoms with van der Waals surface area (Å²) in [6.45, 7) is 0.